The normalized spacial score (nSPS) is 29.2. The van der Waals surface area contributed by atoms with Crippen LogP contribution in [0.5, 0.6) is 0 Å². The monoisotopic (exact) mass is 1220 g/mol. The molecule has 25 heteroatoms. The highest BCUT2D eigenvalue weighted by Gasteiger charge is 2.44. The van der Waals surface area contributed by atoms with Crippen molar-refractivity contribution in [3.63, 3.8) is 0 Å². The minimum atomic E-state index is -4.65. The van der Waals surface area contributed by atoms with Crippen LogP contribution in [0, 0.1) is 34.5 Å². The van der Waals surface area contributed by atoms with E-state index >= 15 is 0 Å². The first kappa shape index (κ1) is 73.2. The molecule has 6 N–H and O–H groups in total. The van der Waals surface area contributed by atoms with Gasteiger partial charge < -0.3 is 35.6 Å². The molecule has 2 aliphatic rings. The van der Waals surface area contributed by atoms with Gasteiger partial charge in [-0.05, 0) is 75.5 Å². The first-order valence-electron chi connectivity index (χ1n) is 26.5. The number of ether oxygens (including phenoxy) is 2. The molecule has 0 fully saturated rings. The summed E-state index contributed by atoms with van der Waals surface area (Å²) in [5.41, 5.74) is 11.4. The van der Waals surface area contributed by atoms with Gasteiger partial charge in [0, 0.05) is 69.9 Å². The molecule has 0 radical (unpaired) electrons. The molecule has 82 heavy (non-hydrogen) atoms. The number of thiazole rings is 2. The number of nitrogens with zero attached hydrogens (tertiary/aromatic N) is 5. The number of aromatic nitrogens is 2. The third-order valence-corrected chi connectivity index (χ3v) is 15.7. The number of aliphatic hydroxyl groups is 4. The lowest BCUT2D eigenvalue weighted by atomic mass is 9.73. The number of carbonyl (C=O) groups is 4. The van der Waals surface area contributed by atoms with Crippen LogP contribution in [0.25, 0.3) is 22.6 Å². The van der Waals surface area contributed by atoms with Crippen molar-refractivity contribution < 1.29 is 75.4 Å². The number of hydrogen-bond donors (Lipinski definition) is 5. The highest BCUT2D eigenvalue weighted by Crippen LogP contribution is 2.36. The van der Waals surface area contributed by atoms with E-state index in [1.807, 2.05) is 0 Å². The van der Waals surface area contributed by atoms with Gasteiger partial charge in [0.25, 0.3) is 0 Å². The number of rotatable bonds is 7. The summed E-state index contributed by atoms with van der Waals surface area (Å²) >= 11 is 2.56. The number of Topliss-reactive ketones (excluding diaryl/α,β-unsaturated/α-hetero) is 2. The molecule has 0 aromatic carbocycles. The molecule has 0 unspecified atom stereocenters. The summed E-state index contributed by atoms with van der Waals surface area (Å²) in [7, 11) is 0.380. The number of esters is 2. The lowest BCUT2D eigenvalue weighted by Crippen LogP contribution is -2.45. The Hall–Kier alpha value is -4.90. The van der Waals surface area contributed by atoms with Crippen LogP contribution in [-0.2, 0) is 41.7 Å². The highest BCUT2D eigenvalue weighted by molar-refractivity contribution is 7.55. The quantitative estimate of drug-likeness (QED) is 0.0329. The van der Waals surface area contributed by atoms with E-state index < -0.39 is 144 Å². The Morgan fingerprint density at radius 1 is 0.720 bits per heavy atom. The van der Waals surface area contributed by atoms with E-state index in [0.29, 0.717) is 40.5 Å². The third-order valence-electron chi connectivity index (χ3n) is 13.9. The lowest BCUT2D eigenvalue weighted by Gasteiger charge is -2.34. The van der Waals surface area contributed by atoms with Crippen LogP contribution in [0.15, 0.2) is 74.6 Å². The van der Waals surface area contributed by atoms with Gasteiger partial charge in [-0.1, -0.05) is 97.0 Å². The van der Waals surface area contributed by atoms with E-state index in [1.54, 1.807) is 50.6 Å². The van der Waals surface area contributed by atoms with Crippen LogP contribution < -0.4 is 5.73 Å². The number of carbonyl (C=O) groups excluding carboxylic acids is 4. The molecule has 0 bridgehead atoms. The average Bonchev–Trinajstić information content (AvgIpc) is 4.05. The van der Waals surface area contributed by atoms with Crippen LogP contribution in [0.2, 0.25) is 0 Å². The Balaban J connectivity index is 0.000000526. The minimum Gasteiger partial charge on any atom is -0.457 e. The second-order valence-electron chi connectivity index (χ2n) is 22.1. The average molecular weight is 1220 g/mol. The second-order valence-corrected chi connectivity index (χ2v) is 26.6. The van der Waals surface area contributed by atoms with Crippen molar-refractivity contribution in [2.45, 2.75) is 170 Å². The van der Waals surface area contributed by atoms with Gasteiger partial charge in [0.1, 0.15) is 28.8 Å². The summed E-state index contributed by atoms with van der Waals surface area (Å²) in [6.07, 6.45) is -8.79. The van der Waals surface area contributed by atoms with E-state index in [0.717, 1.165) is 12.2 Å². The molecule has 2 aromatic rings. The molecule has 0 saturated heterocycles. The SMILES string of the molecule is C/C(=C\c1csc(CN)n1)[C@@H]1C/C=C(/C(F)(F)F)C/C=C/[C@H](C)[C@H](O)[C@@H](C)C(=O)C(C)(C)[C@@H](O)CC(=O)O1.C/C(=C\c1csc(CN=[N+]=[N-])n1)[C@@H]1C/C=C(/C(F)(F)F)C/C=C/[C@H](C)[C@H](O)[C@@H](C)C(=O)C(C)(C)[C@@H](O)CC(=O)O1.CP(C)C. The van der Waals surface area contributed by atoms with E-state index in [9.17, 15) is 65.9 Å². The van der Waals surface area contributed by atoms with Gasteiger partial charge in [-0.15, -0.1) is 30.6 Å². The number of aliphatic hydroxyl groups excluding tert-OH is 4. The molecule has 16 nitrogen and oxygen atoms in total. The first-order chi connectivity index (χ1) is 37.9. The molecule has 2 aliphatic heterocycles. The topological polar surface area (TPSA) is 268 Å². The van der Waals surface area contributed by atoms with Crippen LogP contribution in [0.1, 0.15) is 129 Å². The number of hydrogen-bond acceptors (Lipinski definition) is 16. The van der Waals surface area contributed by atoms with Crippen molar-refractivity contribution in [1.29, 1.82) is 0 Å². The Kier molecular flexibility index (Phi) is 29.4. The molecule has 458 valence electrons. The Morgan fingerprint density at radius 2 is 1.07 bits per heavy atom. The van der Waals surface area contributed by atoms with Gasteiger partial charge in [0.15, 0.2) is 0 Å². The maximum atomic E-state index is 13.8. The fourth-order valence-corrected chi connectivity index (χ4v) is 9.79. The van der Waals surface area contributed by atoms with E-state index in [4.69, 9.17) is 20.7 Å². The summed E-state index contributed by atoms with van der Waals surface area (Å²) in [6.45, 7) is 22.2. The lowest BCUT2D eigenvalue weighted by molar-refractivity contribution is -0.155. The van der Waals surface area contributed by atoms with Gasteiger partial charge >= 0.3 is 24.3 Å². The molecule has 4 heterocycles. The van der Waals surface area contributed by atoms with Gasteiger partial charge in [0.2, 0.25) is 0 Å². The van der Waals surface area contributed by atoms with Crippen LogP contribution >= 0.6 is 30.6 Å². The van der Waals surface area contributed by atoms with E-state index in [1.165, 1.54) is 88.5 Å². The number of nitrogens with two attached hydrogens (primary N) is 1. The van der Waals surface area contributed by atoms with Crippen molar-refractivity contribution in [2.75, 3.05) is 20.0 Å². The summed E-state index contributed by atoms with van der Waals surface area (Å²) in [5, 5.41) is 51.0. The number of alkyl halides is 6. The van der Waals surface area contributed by atoms with Gasteiger partial charge in [-0.25, -0.2) is 9.97 Å². The fraction of sp³-hybridized carbons (Fsp3) is 0.614. The van der Waals surface area contributed by atoms with E-state index in [-0.39, 0.29) is 25.9 Å². The number of azide groups is 1. The van der Waals surface area contributed by atoms with Crippen LogP contribution in [0.3, 0.4) is 0 Å². The van der Waals surface area contributed by atoms with Crippen LogP contribution in [0.4, 0.5) is 26.3 Å². The molecule has 10 atom stereocenters. The number of ketones is 2. The smallest absolute Gasteiger partial charge is 0.412 e. The first-order valence-corrected chi connectivity index (χ1v) is 31.0. The van der Waals surface area contributed by atoms with Crippen molar-refractivity contribution in [2.24, 2.45) is 45.3 Å². The molecule has 0 spiro atoms. The summed E-state index contributed by atoms with van der Waals surface area (Å²) in [6, 6.07) is 0. The molecule has 4 rings (SSSR count). The predicted molar refractivity (Wildman–Crippen MR) is 309 cm³/mol. The second kappa shape index (κ2) is 33.0. The van der Waals surface area contributed by atoms with Gasteiger partial charge in [-0.2, -0.15) is 26.3 Å². The predicted octanol–water partition coefficient (Wildman–Crippen LogP) is 12.2. The van der Waals surface area contributed by atoms with Crippen molar-refractivity contribution in [3.8, 4) is 0 Å². The molecular formula is C57H81F6N6O10PS2. The Morgan fingerprint density at radius 3 is 1.40 bits per heavy atom. The molecule has 0 amide bonds. The van der Waals surface area contributed by atoms with Gasteiger partial charge in [-0.3, -0.25) is 19.2 Å². The van der Waals surface area contributed by atoms with Crippen molar-refractivity contribution in [3.05, 3.63) is 101 Å². The molecular weight excluding hydrogens is 1140 g/mol. The van der Waals surface area contributed by atoms with Gasteiger partial charge in [0.05, 0.1) is 71.0 Å². The number of halogens is 6. The zero-order chi connectivity index (χ0) is 62.7. The zero-order valence-electron chi connectivity index (χ0n) is 48.8. The summed E-state index contributed by atoms with van der Waals surface area (Å²) in [4.78, 5) is 63.3. The fourth-order valence-electron chi connectivity index (χ4n) is 8.49. The molecule has 0 saturated carbocycles. The number of allylic oxidation sites excluding steroid dienone is 4. The minimum absolute atomic E-state index is 0.0400. The van der Waals surface area contributed by atoms with Crippen molar-refractivity contribution >= 4 is 66.3 Å². The summed E-state index contributed by atoms with van der Waals surface area (Å²) in [5.74, 6) is -5.88. The third kappa shape index (κ3) is 23.3. The van der Waals surface area contributed by atoms with Crippen LogP contribution in [-0.4, -0.2) is 123 Å². The maximum Gasteiger partial charge on any atom is 0.412 e. The summed E-state index contributed by atoms with van der Waals surface area (Å²) < 4.78 is 93.9. The van der Waals surface area contributed by atoms with Crippen molar-refractivity contribution in [1.82, 2.24) is 9.97 Å². The standard InChI is InChI=1S/C27H35F3N4O5S.C27H37F3N2O5S.C3H9P/c1-15-7-6-8-18(27(28,29)30)9-10-20(16(2)11-19-14-40-22(33-19)13-32-34-31)39-23(36)12-21(35)26(4,5)25(38)17(3)24(15)37;1-15-7-6-8-18(27(28,29)30)9-10-20(16(2)11-19-14-38-22(13-31)32-19)37-23(34)12-21(33)26(4,5)25(36)17(3)24(15)35;1-4(2)3/h6-7,9,11,14-15,17,20-21,24,35,37H,8,10,12-13H2,1-5H3;6-7,9,11,14-15,17,20-21,24,33,35H,8,10,12-13,31H2,1-5H3;1-3H3/b2*7-6+,16-11+,18-9+;/t2*15-,17+,20-,21-,24-;/m00./s1. The molecule has 2 aromatic heterocycles. The van der Waals surface area contributed by atoms with E-state index in [2.05, 4.69) is 40.0 Å². The highest BCUT2D eigenvalue weighted by atomic mass is 32.1. The number of cyclic esters (lactones) is 2. The Labute approximate surface area is 486 Å². The molecule has 0 aliphatic carbocycles. The zero-order valence-corrected chi connectivity index (χ0v) is 51.3. The maximum absolute atomic E-state index is 13.8. The Bertz CT molecular complexity index is 2690. The largest absolute Gasteiger partial charge is 0.457 e.